The van der Waals surface area contributed by atoms with Crippen molar-refractivity contribution < 1.29 is 19.4 Å². The first kappa shape index (κ1) is 9.98. The summed E-state index contributed by atoms with van der Waals surface area (Å²) in [6, 6.07) is 0.983. The number of Topliss-reactive ketones (excluding diaryl/α,β-unsaturated/α-hetero) is 1. The fourth-order valence-electron chi connectivity index (χ4n) is 0.924. The molecule has 70 valence electrons. The van der Waals surface area contributed by atoms with Gasteiger partial charge < -0.3 is 10.2 Å². The Labute approximate surface area is 81.9 Å². The predicted octanol–water partition coefficient (Wildman–Crippen LogP) is 2.20. The van der Waals surface area contributed by atoms with Crippen LogP contribution in [-0.2, 0) is 0 Å². The van der Waals surface area contributed by atoms with Crippen molar-refractivity contribution in [1.29, 1.82) is 0 Å². The lowest BCUT2D eigenvalue weighted by atomic mass is 10.1. The van der Waals surface area contributed by atoms with Crippen LogP contribution < -0.4 is 0 Å². The van der Waals surface area contributed by atoms with E-state index >= 15 is 0 Å². The van der Waals surface area contributed by atoms with Crippen LogP contribution in [0.3, 0.4) is 0 Å². The van der Waals surface area contributed by atoms with Crippen LogP contribution in [0.1, 0.15) is 17.3 Å². The van der Waals surface area contributed by atoms with E-state index in [0.29, 0.717) is 0 Å². The Hall–Kier alpha value is -1.10. The quantitative estimate of drug-likeness (QED) is 0.592. The molecule has 3 nitrogen and oxygen atoms in total. The Morgan fingerprint density at radius 3 is 2.54 bits per heavy atom. The summed E-state index contributed by atoms with van der Waals surface area (Å²) in [5, 5.41) is 18.2. The smallest absolute Gasteiger partial charge is 0.171 e. The van der Waals surface area contributed by atoms with Gasteiger partial charge in [0.25, 0.3) is 0 Å². The van der Waals surface area contributed by atoms with E-state index in [2.05, 4.69) is 15.9 Å². The van der Waals surface area contributed by atoms with Gasteiger partial charge >= 0.3 is 0 Å². The number of phenols is 2. The highest BCUT2D eigenvalue weighted by Gasteiger charge is 2.19. The van der Waals surface area contributed by atoms with E-state index in [1.165, 1.54) is 0 Å². The largest absolute Gasteiger partial charge is 0.504 e. The minimum Gasteiger partial charge on any atom is -0.504 e. The van der Waals surface area contributed by atoms with E-state index in [-0.39, 0.29) is 4.47 Å². The van der Waals surface area contributed by atoms with Crippen molar-refractivity contribution in [1.82, 2.24) is 0 Å². The lowest BCUT2D eigenvalue weighted by molar-refractivity contribution is 0.101. The normalized spacial score (nSPS) is 10.1. The molecule has 0 saturated heterocycles. The minimum absolute atomic E-state index is 0.0620. The molecule has 0 amide bonds. The molecule has 5 heteroatoms. The van der Waals surface area contributed by atoms with Crippen molar-refractivity contribution in [3.05, 3.63) is 21.9 Å². The molecule has 0 bridgehead atoms. The van der Waals surface area contributed by atoms with E-state index in [1.807, 2.05) is 0 Å². The highest BCUT2D eigenvalue weighted by atomic mass is 79.9. The molecule has 0 saturated carbocycles. The van der Waals surface area contributed by atoms with Crippen molar-refractivity contribution >= 4 is 21.7 Å². The molecular formula is C8H6BrFO3. The third-order valence-electron chi connectivity index (χ3n) is 1.52. The first-order chi connectivity index (χ1) is 5.95. The molecule has 0 aliphatic rings. The molecule has 13 heavy (non-hydrogen) atoms. The molecule has 0 heterocycles. The molecule has 0 aliphatic heterocycles. The maximum absolute atomic E-state index is 13.2. The molecule has 0 aliphatic carbocycles. The van der Waals surface area contributed by atoms with Crippen LogP contribution in [0.5, 0.6) is 11.5 Å². The van der Waals surface area contributed by atoms with Gasteiger partial charge in [0.1, 0.15) is 0 Å². The van der Waals surface area contributed by atoms with E-state index < -0.39 is 28.7 Å². The summed E-state index contributed by atoms with van der Waals surface area (Å²) in [6.07, 6.45) is 0. The summed E-state index contributed by atoms with van der Waals surface area (Å²) < 4.78 is 13.1. The average Bonchev–Trinajstić information content (AvgIpc) is 2.01. The zero-order valence-electron chi connectivity index (χ0n) is 6.64. The highest BCUT2D eigenvalue weighted by Crippen LogP contribution is 2.35. The van der Waals surface area contributed by atoms with Crippen LogP contribution in [0.25, 0.3) is 0 Å². The monoisotopic (exact) mass is 248 g/mol. The van der Waals surface area contributed by atoms with Crippen molar-refractivity contribution in [2.24, 2.45) is 0 Å². The Bertz CT molecular complexity index is 350. The molecule has 2 N–H and O–H groups in total. The minimum atomic E-state index is -0.872. The van der Waals surface area contributed by atoms with Crippen LogP contribution >= 0.6 is 15.9 Å². The molecule has 0 spiro atoms. The van der Waals surface area contributed by atoms with E-state index in [0.717, 1.165) is 13.0 Å². The summed E-state index contributed by atoms with van der Waals surface area (Å²) in [5.41, 5.74) is -0.508. The second-order valence-corrected chi connectivity index (χ2v) is 3.33. The van der Waals surface area contributed by atoms with Crippen molar-refractivity contribution in [2.75, 3.05) is 0 Å². The van der Waals surface area contributed by atoms with Gasteiger partial charge in [-0.3, -0.25) is 4.79 Å². The van der Waals surface area contributed by atoms with Crippen molar-refractivity contribution in [3.8, 4) is 11.5 Å². The van der Waals surface area contributed by atoms with Gasteiger partial charge in [0.15, 0.2) is 23.1 Å². The van der Waals surface area contributed by atoms with E-state index in [9.17, 15) is 9.18 Å². The number of hydrogen-bond acceptors (Lipinski definition) is 3. The highest BCUT2D eigenvalue weighted by molar-refractivity contribution is 9.10. The Morgan fingerprint density at radius 1 is 1.54 bits per heavy atom. The van der Waals surface area contributed by atoms with Crippen LogP contribution in [-0.4, -0.2) is 16.0 Å². The fourth-order valence-corrected chi connectivity index (χ4v) is 1.34. The van der Waals surface area contributed by atoms with Gasteiger partial charge in [0, 0.05) is 6.07 Å². The summed E-state index contributed by atoms with van der Waals surface area (Å²) in [5.74, 6) is -2.78. The van der Waals surface area contributed by atoms with Gasteiger partial charge in [-0.15, -0.1) is 0 Å². The number of ketones is 1. The van der Waals surface area contributed by atoms with Gasteiger partial charge in [0.2, 0.25) is 0 Å². The number of phenolic OH excluding ortho intramolecular Hbond substituents is 2. The van der Waals surface area contributed by atoms with Gasteiger partial charge in [-0.1, -0.05) is 0 Å². The molecule has 0 fully saturated rings. The number of carbonyl (C=O) groups is 1. The zero-order valence-corrected chi connectivity index (χ0v) is 8.22. The van der Waals surface area contributed by atoms with Crippen molar-refractivity contribution in [3.63, 3.8) is 0 Å². The number of aromatic hydroxyl groups is 2. The third-order valence-corrected chi connectivity index (χ3v) is 2.10. The number of hydrogen-bond donors (Lipinski definition) is 2. The zero-order chi connectivity index (χ0) is 10.2. The van der Waals surface area contributed by atoms with Gasteiger partial charge in [-0.2, -0.15) is 0 Å². The first-order valence-electron chi connectivity index (χ1n) is 3.36. The SMILES string of the molecule is CC(=O)c1c(O)c(O)cc(Br)c1F. The lowest BCUT2D eigenvalue weighted by Crippen LogP contribution is -1.98. The van der Waals surface area contributed by atoms with Crippen LogP contribution in [0.2, 0.25) is 0 Å². The average molecular weight is 249 g/mol. The number of rotatable bonds is 1. The number of carbonyl (C=O) groups excluding carboxylic acids is 1. The fraction of sp³-hybridized carbons (Fsp3) is 0.125. The molecule has 1 aromatic rings. The Balaban J connectivity index is 3.56. The Kier molecular flexibility index (Phi) is 2.56. The van der Waals surface area contributed by atoms with Crippen LogP contribution in [0.4, 0.5) is 4.39 Å². The molecule has 1 aromatic carbocycles. The first-order valence-corrected chi connectivity index (χ1v) is 4.15. The third kappa shape index (κ3) is 1.65. The van der Waals surface area contributed by atoms with E-state index in [1.54, 1.807) is 0 Å². The summed E-state index contributed by atoms with van der Waals surface area (Å²) in [4.78, 5) is 10.9. The van der Waals surface area contributed by atoms with Crippen LogP contribution in [0, 0.1) is 5.82 Å². The maximum atomic E-state index is 13.2. The van der Waals surface area contributed by atoms with E-state index in [4.69, 9.17) is 10.2 Å². The predicted molar refractivity (Wildman–Crippen MR) is 47.4 cm³/mol. The standard InChI is InChI=1S/C8H6BrFO3/c1-3(11)6-7(10)4(9)2-5(12)8(6)13/h2,12-13H,1H3. The Morgan fingerprint density at radius 2 is 2.08 bits per heavy atom. The van der Waals surface area contributed by atoms with Gasteiger partial charge in [0.05, 0.1) is 10.0 Å². The second-order valence-electron chi connectivity index (χ2n) is 2.47. The number of benzene rings is 1. The molecule has 0 radical (unpaired) electrons. The number of halogens is 2. The maximum Gasteiger partial charge on any atom is 0.171 e. The summed E-state index contributed by atoms with van der Waals surface area (Å²) >= 11 is 2.80. The molecular weight excluding hydrogens is 243 g/mol. The topological polar surface area (TPSA) is 57.5 Å². The second kappa shape index (κ2) is 3.33. The van der Waals surface area contributed by atoms with Crippen LogP contribution in [0.15, 0.2) is 10.5 Å². The molecule has 0 atom stereocenters. The molecule has 1 rings (SSSR count). The molecule has 0 unspecified atom stereocenters. The van der Waals surface area contributed by atoms with Crippen molar-refractivity contribution in [2.45, 2.75) is 6.92 Å². The molecule has 0 aromatic heterocycles. The lowest BCUT2D eigenvalue weighted by Gasteiger charge is -2.05. The summed E-state index contributed by atoms with van der Waals surface area (Å²) in [6.45, 7) is 1.10. The summed E-state index contributed by atoms with van der Waals surface area (Å²) in [7, 11) is 0. The van der Waals surface area contributed by atoms with Gasteiger partial charge in [-0.25, -0.2) is 4.39 Å². The van der Waals surface area contributed by atoms with Gasteiger partial charge in [-0.05, 0) is 22.9 Å².